The van der Waals surface area contributed by atoms with Gasteiger partial charge in [0.2, 0.25) is 0 Å². The van der Waals surface area contributed by atoms with Gasteiger partial charge in [0.15, 0.2) is 0 Å². The molecule has 1 aliphatic rings. The summed E-state index contributed by atoms with van der Waals surface area (Å²) in [4.78, 5) is 25.9. The van der Waals surface area contributed by atoms with Crippen LogP contribution in [0.25, 0.3) is 0 Å². The molecule has 1 heterocycles. The Morgan fingerprint density at radius 2 is 2.19 bits per heavy atom. The molecule has 1 aromatic rings. The Morgan fingerprint density at radius 3 is 2.90 bits per heavy atom. The van der Waals surface area contributed by atoms with Gasteiger partial charge in [-0.1, -0.05) is 6.07 Å². The number of carbonyl (C=O) groups excluding carboxylic acids is 2. The average molecular weight is 358 g/mol. The van der Waals surface area contributed by atoms with E-state index in [1.54, 1.807) is 13.0 Å². The lowest BCUT2D eigenvalue weighted by Gasteiger charge is -2.34. The Bertz CT molecular complexity index is 550. The van der Waals surface area contributed by atoms with Crippen LogP contribution in [0.5, 0.6) is 0 Å². The minimum absolute atomic E-state index is 0.0272. The molecule has 0 aliphatic carbocycles. The second-order valence-corrected chi connectivity index (χ2v) is 5.72. The van der Waals surface area contributed by atoms with Crippen molar-refractivity contribution in [3.05, 3.63) is 34.1 Å². The Labute approximate surface area is 131 Å². The van der Waals surface area contributed by atoms with Gasteiger partial charge in [0.25, 0.3) is 5.91 Å². The zero-order chi connectivity index (χ0) is 15.4. The lowest BCUT2D eigenvalue weighted by molar-refractivity contribution is -0.149. The summed E-state index contributed by atoms with van der Waals surface area (Å²) in [5.41, 5.74) is -0.0272. The quantitative estimate of drug-likeness (QED) is 0.780. The molecule has 21 heavy (non-hydrogen) atoms. The fourth-order valence-corrected chi connectivity index (χ4v) is 2.85. The van der Waals surface area contributed by atoms with Gasteiger partial charge < -0.3 is 9.64 Å². The van der Waals surface area contributed by atoms with Crippen molar-refractivity contribution in [1.29, 1.82) is 0 Å². The van der Waals surface area contributed by atoms with E-state index in [1.165, 1.54) is 17.0 Å². The summed E-state index contributed by atoms with van der Waals surface area (Å²) in [6.07, 6.45) is 2.21. The number of hydrogen-bond acceptors (Lipinski definition) is 3. The first-order valence-electron chi connectivity index (χ1n) is 6.98. The Kier molecular flexibility index (Phi) is 5.33. The van der Waals surface area contributed by atoms with Crippen LogP contribution in [0.1, 0.15) is 36.5 Å². The average Bonchev–Trinajstić information content (AvgIpc) is 2.49. The van der Waals surface area contributed by atoms with Crippen molar-refractivity contribution >= 4 is 27.8 Å². The number of ether oxygens (including phenoxy) is 1. The Hall–Kier alpha value is -1.43. The number of hydrogen-bond donors (Lipinski definition) is 0. The molecule has 0 radical (unpaired) electrons. The number of esters is 1. The van der Waals surface area contributed by atoms with Gasteiger partial charge >= 0.3 is 5.97 Å². The molecule has 1 fully saturated rings. The molecule has 2 rings (SSSR count). The predicted octanol–water partition coefficient (Wildman–Crippen LogP) is 3.15. The Morgan fingerprint density at radius 1 is 1.43 bits per heavy atom. The van der Waals surface area contributed by atoms with Crippen molar-refractivity contribution in [2.75, 3.05) is 13.2 Å². The topological polar surface area (TPSA) is 46.6 Å². The summed E-state index contributed by atoms with van der Waals surface area (Å²) in [5.74, 6) is -1.48. The number of nitrogens with zero attached hydrogens (tertiary/aromatic N) is 1. The number of piperidine rings is 1. The largest absolute Gasteiger partial charge is 0.464 e. The van der Waals surface area contributed by atoms with E-state index >= 15 is 0 Å². The SMILES string of the molecule is CCOC(=O)C1CCCCN1C(=O)c1cccc(Br)c1F. The van der Waals surface area contributed by atoms with Crippen molar-refractivity contribution in [2.45, 2.75) is 32.2 Å². The Balaban J connectivity index is 2.26. The first-order chi connectivity index (χ1) is 10.1. The minimum Gasteiger partial charge on any atom is -0.464 e. The first kappa shape index (κ1) is 15.9. The summed E-state index contributed by atoms with van der Waals surface area (Å²) < 4.78 is 19.3. The third-order valence-corrected chi connectivity index (χ3v) is 4.12. The third-order valence-electron chi connectivity index (χ3n) is 3.50. The summed E-state index contributed by atoms with van der Waals surface area (Å²) in [5, 5.41) is 0. The highest BCUT2D eigenvalue weighted by atomic mass is 79.9. The number of rotatable bonds is 3. The molecule has 1 atom stereocenters. The molecule has 114 valence electrons. The zero-order valence-corrected chi connectivity index (χ0v) is 13.4. The van der Waals surface area contributed by atoms with Crippen molar-refractivity contribution in [3.63, 3.8) is 0 Å². The van der Waals surface area contributed by atoms with Crippen LogP contribution in [0.2, 0.25) is 0 Å². The van der Waals surface area contributed by atoms with E-state index < -0.39 is 23.7 Å². The highest BCUT2D eigenvalue weighted by molar-refractivity contribution is 9.10. The number of carbonyl (C=O) groups is 2. The van der Waals surface area contributed by atoms with Crippen LogP contribution < -0.4 is 0 Å². The van der Waals surface area contributed by atoms with E-state index in [4.69, 9.17) is 4.74 Å². The third kappa shape index (κ3) is 3.43. The van der Waals surface area contributed by atoms with E-state index in [1.807, 2.05) is 0 Å². The van der Waals surface area contributed by atoms with Gasteiger partial charge in [-0.3, -0.25) is 4.79 Å². The zero-order valence-electron chi connectivity index (χ0n) is 11.8. The molecule has 0 spiro atoms. The van der Waals surface area contributed by atoms with E-state index in [-0.39, 0.29) is 16.6 Å². The molecule has 6 heteroatoms. The highest BCUT2D eigenvalue weighted by Gasteiger charge is 2.34. The van der Waals surface area contributed by atoms with Crippen LogP contribution in [-0.4, -0.2) is 36.0 Å². The van der Waals surface area contributed by atoms with Crippen LogP contribution in [-0.2, 0) is 9.53 Å². The van der Waals surface area contributed by atoms with Crippen molar-refractivity contribution in [2.24, 2.45) is 0 Å². The summed E-state index contributed by atoms with van der Waals surface area (Å²) in [6, 6.07) is 3.94. The lowest BCUT2D eigenvalue weighted by atomic mass is 10.0. The maximum Gasteiger partial charge on any atom is 0.328 e. The highest BCUT2D eigenvalue weighted by Crippen LogP contribution is 2.24. The van der Waals surface area contributed by atoms with E-state index in [9.17, 15) is 14.0 Å². The van der Waals surface area contributed by atoms with Crippen LogP contribution >= 0.6 is 15.9 Å². The van der Waals surface area contributed by atoms with E-state index in [0.717, 1.165) is 12.8 Å². The molecule has 4 nitrogen and oxygen atoms in total. The van der Waals surface area contributed by atoms with Crippen LogP contribution in [0.15, 0.2) is 22.7 Å². The smallest absolute Gasteiger partial charge is 0.328 e. The monoisotopic (exact) mass is 357 g/mol. The maximum atomic E-state index is 14.1. The lowest BCUT2D eigenvalue weighted by Crippen LogP contribution is -2.48. The fourth-order valence-electron chi connectivity index (χ4n) is 2.48. The van der Waals surface area contributed by atoms with Gasteiger partial charge in [0.1, 0.15) is 11.9 Å². The molecule has 1 saturated heterocycles. The number of amides is 1. The summed E-state index contributed by atoms with van der Waals surface area (Å²) in [6.45, 7) is 2.43. The molecule has 0 N–H and O–H groups in total. The molecule has 0 bridgehead atoms. The summed E-state index contributed by atoms with van der Waals surface area (Å²) >= 11 is 3.07. The molecule has 0 saturated carbocycles. The van der Waals surface area contributed by atoms with Gasteiger partial charge in [-0.2, -0.15) is 0 Å². The predicted molar refractivity (Wildman–Crippen MR) is 79.4 cm³/mol. The van der Waals surface area contributed by atoms with Gasteiger partial charge in [-0.25, -0.2) is 9.18 Å². The number of likely N-dealkylation sites (tertiary alicyclic amines) is 1. The van der Waals surface area contributed by atoms with E-state index in [0.29, 0.717) is 13.0 Å². The molecule has 1 aliphatic heterocycles. The van der Waals surface area contributed by atoms with Crippen molar-refractivity contribution < 1.29 is 18.7 Å². The van der Waals surface area contributed by atoms with Crippen LogP contribution in [0.4, 0.5) is 4.39 Å². The van der Waals surface area contributed by atoms with Gasteiger partial charge in [0, 0.05) is 6.54 Å². The number of benzene rings is 1. The second-order valence-electron chi connectivity index (χ2n) is 4.86. The minimum atomic E-state index is -0.621. The molecular formula is C15H17BrFNO3. The summed E-state index contributed by atoms with van der Waals surface area (Å²) in [7, 11) is 0. The first-order valence-corrected chi connectivity index (χ1v) is 7.77. The van der Waals surface area contributed by atoms with Crippen molar-refractivity contribution in [1.82, 2.24) is 4.90 Å². The van der Waals surface area contributed by atoms with Gasteiger partial charge in [-0.15, -0.1) is 0 Å². The van der Waals surface area contributed by atoms with Gasteiger partial charge in [-0.05, 0) is 54.2 Å². The maximum absolute atomic E-state index is 14.1. The van der Waals surface area contributed by atoms with Crippen LogP contribution in [0, 0.1) is 5.82 Å². The van der Waals surface area contributed by atoms with Crippen LogP contribution in [0.3, 0.4) is 0 Å². The second kappa shape index (κ2) is 7.02. The molecule has 1 unspecified atom stereocenters. The standard InChI is InChI=1S/C15H17BrFNO3/c1-2-21-15(20)12-8-3-4-9-18(12)14(19)10-6-5-7-11(16)13(10)17/h5-7,12H,2-4,8-9H2,1H3. The molecular weight excluding hydrogens is 341 g/mol. The van der Waals surface area contributed by atoms with E-state index in [2.05, 4.69) is 15.9 Å². The van der Waals surface area contributed by atoms with Crippen molar-refractivity contribution in [3.8, 4) is 0 Å². The number of halogens is 2. The molecule has 0 aromatic heterocycles. The normalized spacial score (nSPS) is 18.4. The van der Waals surface area contributed by atoms with Gasteiger partial charge in [0.05, 0.1) is 16.6 Å². The molecule has 1 aromatic carbocycles. The fraction of sp³-hybridized carbons (Fsp3) is 0.467. The molecule has 1 amide bonds.